The zero-order valence-electron chi connectivity index (χ0n) is 17.0. The summed E-state index contributed by atoms with van der Waals surface area (Å²) in [7, 11) is 2.99. The summed E-state index contributed by atoms with van der Waals surface area (Å²) in [6.45, 7) is 1.86. The van der Waals surface area contributed by atoms with Gasteiger partial charge in [0.05, 0.1) is 20.8 Å². The van der Waals surface area contributed by atoms with E-state index in [4.69, 9.17) is 14.0 Å². The van der Waals surface area contributed by atoms with Gasteiger partial charge in [-0.15, -0.1) is 0 Å². The fraction of sp³-hybridized carbons (Fsp3) is 0.227. The minimum Gasteiger partial charge on any atom is -0.493 e. The highest BCUT2D eigenvalue weighted by Gasteiger charge is 2.14. The molecule has 2 N–H and O–H groups in total. The molecule has 0 aliphatic heterocycles. The molecule has 2 amide bonds. The largest absolute Gasteiger partial charge is 0.493 e. The third-order valence-electron chi connectivity index (χ3n) is 4.49. The number of carbonyl (C=O) groups excluding carboxylic acids is 2. The standard InChI is InChI=1S/C22H23N3O5/c1-4-14-5-7-15(8-6-14)17-12-21(30-25-17)24-20(26)13-23-22(27)16-9-10-18(28-2)19(11-16)29-3/h5-12H,4,13H2,1-3H3,(H,23,27)(H,24,26). The van der Waals surface area contributed by atoms with Crippen LogP contribution in [0.3, 0.4) is 0 Å². The van der Waals surface area contributed by atoms with Crippen LogP contribution in [0.5, 0.6) is 11.5 Å². The van der Waals surface area contributed by atoms with Gasteiger partial charge in [0.15, 0.2) is 11.5 Å². The van der Waals surface area contributed by atoms with Crippen molar-refractivity contribution >= 4 is 17.7 Å². The molecule has 0 aliphatic rings. The van der Waals surface area contributed by atoms with Crippen molar-refractivity contribution in [3.8, 4) is 22.8 Å². The van der Waals surface area contributed by atoms with E-state index in [9.17, 15) is 9.59 Å². The Kier molecular flexibility index (Phi) is 6.69. The van der Waals surface area contributed by atoms with Crippen LogP contribution in [0.15, 0.2) is 53.1 Å². The Morgan fingerprint density at radius 3 is 2.40 bits per heavy atom. The van der Waals surface area contributed by atoms with Crippen molar-refractivity contribution < 1.29 is 23.6 Å². The van der Waals surface area contributed by atoms with Gasteiger partial charge >= 0.3 is 0 Å². The molecular weight excluding hydrogens is 386 g/mol. The lowest BCUT2D eigenvalue weighted by atomic mass is 10.1. The van der Waals surface area contributed by atoms with Gasteiger partial charge in [-0.05, 0) is 30.2 Å². The van der Waals surface area contributed by atoms with Crippen molar-refractivity contribution in [1.29, 1.82) is 0 Å². The van der Waals surface area contributed by atoms with Crippen molar-refractivity contribution in [2.24, 2.45) is 0 Å². The highest BCUT2D eigenvalue weighted by Crippen LogP contribution is 2.27. The lowest BCUT2D eigenvalue weighted by molar-refractivity contribution is -0.115. The summed E-state index contributed by atoms with van der Waals surface area (Å²) < 4.78 is 15.5. The number of anilines is 1. The molecule has 3 aromatic rings. The van der Waals surface area contributed by atoms with E-state index in [0.29, 0.717) is 22.8 Å². The minimum absolute atomic E-state index is 0.204. The van der Waals surface area contributed by atoms with E-state index in [2.05, 4.69) is 22.7 Å². The molecule has 0 saturated heterocycles. The second kappa shape index (κ2) is 9.60. The average molecular weight is 409 g/mol. The van der Waals surface area contributed by atoms with Gasteiger partial charge in [0.25, 0.3) is 5.91 Å². The molecule has 0 radical (unpaired) electrons. The summed E-state index contributed by atoms with van der Waals surface area (Å²) >= 11 is 0. The van der Waals surface area contributed by atoms with Crippen molar-refractivity contribution in [3.05, 3.63) is 59.7 Å². The zero-order chi connectivity index (χ0) is 21.5. The third-order valence-corrected chi connectivity index (χ3v) is 4.49. The van der Waals surface area contributed by atoms with Gasteiger partial charge < -0.3 is 19.3 Å². The summed E-state index contributed by atoms with van der Waals surface area (Å²) in [6, 6.07) is 14.3. The van der Waals surface area contributed by atoms with Crippen molar-refractivity contribution in [1.82, 2.24) is 10.5 Å². The fourth-order valence-electron chi connectivity index (χ4n) is 2.80. The van der Waals surface area contributed by atoms with Gasteiger partial charge in [0, 0.05) is 17.2 Å². The summed E-state index contributed by atoms with van der Waals surface area (Å²) in [6.07, 6.45) is 0.954. The van der Waals surface area contributed by atoms with Crippen LogP contribution >= 0.6 is 0 Å². The molecule has 0 fully saturated rings. The number of aromatic nitrogens is 1. The topological polar surface area (TPSA) is 103 Å². The number of ether oxygens (including phenoxy) is 2. The number of rotatable bonds is 8. The SMILES string of the molecule is CCc1ccc(-c2cc(NC(=O)CNC(=O)c3ccc(OC)c(OC)c3)on2)cc1. The highest BCUT2D eigenvalue weighted by atomic mass is 16.5. The van der Waals surface area contributed by atoms with Crippen LogP contribution in [0, 0.1) is 0 Å². The number of nitrogens with zero attached hydrogens (tertiary/aromatic N) is 1. The number of methoxy groups -OCH3 is 2. The molecule has 8 nitrogen and oxygen atoms in total. The van der Waals surface area contributed by atoms with Gasteiger partial charge in [-0.1, -0.05) is 36.3 Å². The number of carbonyl (C=O) groups is 2. The summed E-state index contributed by atoms with van der Waals surface area (Å²) in [5.74, 6) is 0.288. The molecule has 0 bridgehead atoms. The second-order valence-electron chi connectivity index (χ2n) is 6.43. The van der Waals surface area contributed by atoms with Crippen LogP contribution in [0.1, 0.15) is 22.8 Å². The van der Waals surface area contributed by atoms with Gasteiger partial charge in [0.2, 0.25) is 11.8 Å². The number of hydrogen-bond acceptors (Lipinski definition) is 6. The van der Waals surface area contributed by atoms with Crippen LogP contribution in [0.2, 0.25) is 0 Å². The molecular formula is C22H23N3O5. The van der Waals surface area contributed by atoms with Gasteiger partial charge in [-0.3, -0.25) is 14.9 Å². The summed E-state index contributed by atoms with van der Waals surface area (Å²) in [5.41, 5.74) is 3.07. The first-order valence-corrected chi connectivity index (χ1v) is 9.40. The molecule has 2 aromatic carbocycles. The Hall–Kier alpha value is -3.81. The molecule has 0 saturated carbocycles. The van der Waals surface area contributed by atoms with E-state index in [1.165, 1.54) is 19.8 Å². The number of benzene rings is 2. The molecule has 1 aromatic heterocycles. The predicted molar refractivity (Wildman–Crippen MR) is 112 cm³/mol. The first kappa shape index (κ1) is 20.9. The second-order valence-corrected chi connectivity index (χ2v) is 6.43. The van der Waals surface area contributed by atoms with E-state index in [1.807, 2.05) is 24.3 Å². The van der Waals surface area contributed by atoms with E-state index >= 15 is 0 Å². The maximum absolute atomic E-state index is 12.3. The van der Waals surface area contributed by atoms with Crippen molar-refractivity contribution in [3.63, 3.8) is 0 Å². The Morgan fingerprint density at radius 2 is 1.73 bits per heavy atom. The predicted octanol–water partition coefficient (Wildman–Crippen LogP) is 3.29. The van der Waals surface area contributed by atoms with Crippen LogP contribution < -0.4 is 20.1 Å². The number of aryl methyl sites for hydroxylation is 1. The van der Waals surface area contributed by atoms with E-state index in [0.717, 1.165) is 12.0 Å². The monoisotopic (exact) mass is 409 g/mol. The molecule has 1 heterocycles. The number of hydrogen-bond donors (Lipinski definition) is 2. The van der Waals surface area contributed by atoms with Gasteiger partial charge in [-0.25, -0.2) is 0 Å². The van der Waals surface area contributed by atoms with Crippen LogP contribution in [0.4, 0.5) is 5.88 Å². The van der Waals surface area contributed by atoms with Crippen molar-refractivity contribution in [2.75, 3.05) is 26.1 Å². The first-order chi connectivity index (χ1) is 14.5. The molecule has 8 heteroatoms. The lowest BCUT2D eigenvalue weighted by Crippen LogP contribution is -2.32. The Balaban J connectivity index is 1.56. The summed E-state index contributed by atoms with van der Waals surface area (Å²) in [5, 5.41) is 9.09. The Morgan fingerprint density at radius 1 is 1.00 bits per heavy atom. The molecule has 156 valence electrons. The quantitative estimate of drug-likeness (QED) is 0.592. The van der Waals surface area contributed by atoms with Crippen LogP contribution in [-0.2, 0) is 11.2 Å². The average Bonchev–Trinajstić information content (AvgIpc) is 3.25. The van der Waals surface area contributed by atoms with E-state index in [1.54, 1.807) is 24.3 Å². The smallest absolute Gasteiger partial charge is 0.251 e. The molecule has 0 atom stereocenters. The fourth-order valence-corrected chi connectivity index (χ4v) is 2.80. The van der Waals surface area contributed by atoms with Gasteiger partial charge in [-0.2, -0.15) is 0 Å². The zero-order valence-corrected chi connectivity index (χ0v) is 17.0. The van der Waals surface area contributed by atoms with Crippen LogP contribution in [0.25, 0.3) is 11.3 Å². The maximum atomic E-state index is 12.3. The molecule has 0 spiro atoms. The number of amides is 2. The third kappa shape index (κ3) is 4.96. The van der Waals surface area contributed by atoms with E-state index in [-0.39, 0.29) is 12.4 Å². The molecule has 30 heavy (non-hydrogen) atoms. The summed E-state index contributed by atoms with van der Waals surface area (Å²) in [4.78, 5) is 24.4. The minimum atomic E-state index is -0.437. The lowest BCUT2D eigenvalue weighted by Gasteiger charge is -2.09. The first-order valence-electron chi connectivity index (χ1n) is 9.40. The number of nitrogens with one attached hydrogen (secondary N) is 2. The Bertz CT molecular complexity index is 1030. The van der Waals surface area contributed by atoms with E-state index < -0.39 is 11.8 Å². The maximum Gasteiger partial charge on any atom is 0.251 e. The van der Waals surface area contributed by atoms with Crippen LogP contribution in [-0.4, -0.2) is 37.7 Å². The van der Waals surface area contributed by atoms with Crippen molar-refractivity contribution in [2.45, 2.75) is 13.3 Å². The normalized spacial score (nSPS) is 10.4. The molecule has 0 unspecified atom stereocenters. The van der Waals surface area contributed by atoms with Gasteiger partial charge in [0.1, 0.15) is 5.69 Å². The Labute approximate surface area is 174 Å². The molecule has 3 rings (SSSR count). The molecule has 0 aliphatic carbocycles. The highest BCUT2D eigenvalue weighted by molar-refractivity contribution is 5.99.